The molecule has 1 unspecified atom stereocenters. The van der Waals surface area contributed by atoms with E-state index in [0.717, 1.165) is 42.5 Å². The average molecular weight is 642 g/mol. The largest absolute Gasteiger partial charge is 0.481 e. The van der Waals surface area contributed by atoms with Crippen LogP contribution in [0.15, 0.2) is 75.3 Å². The zero-order valence-corrected chi connectivity index (χ0v) is 25.6. The Labute approximate surface area is 265 Å². The van der Waals surface area contributed by atoms with Crippen molar-refractivity contribution in [1.82, 2.24) is 4.90 Å². The SMILES string of the molecule is C.CCN(CC)CCSC1C=Nc2ccccc2N=C1c1ccsc1.O=C(O)CC(O)(CC(=O)O)C(=O)O.c1cc2ccc1-2. The van der Waals surface area contributed by atoms with E-state index in [9.17, 15) is 14.4 Å². The maximum Gasteiger partial charge on any atom is 0.336 e. The minimum atomic E-state index is -2.74. The molecule has 3 aliphatic rings. The molecule has 0 saturated heterocycles. The Balaban J connectivity index is 0.000000281. The lowest BCUT2D eigenvalue weighted by Crippen LogP contribution is -2.42. The van der Waals surface area contributed by atoms with Crippen LogP contribution in [0, 0.1) is 0 Å². The summed E-state index contributed by atoms with van der Waals surface area (Å²) in [7, 11) is 0. The van der Waals surface area contributed by atoms with Crippen LogP contribution in [-0.2, 0) is 14.4 Å². The molecule has 2 aliphatic carbocycles. The van der Waals surface area contributed by atoms with Gasteiger partial charge in [0.1, 0.15) is 0 Å². The van der Waals surface area contributed by atoms with E-state index in [4.69, 9.17) is 30.4 Å². The molecular formula is C32H39N3O7S2. The summed E-state index contributed by atoms with van der Waals surface area (Å²) < 4.78 is 0. The van der Waals surface area contributed by atoms with Gasteiger partial charge in [0.15, 0.2) is 5.60 Å². The van der Waals surface area contributed by atoms with E-state index in [2.05, 4.69) is 66.1 Å². The smallest absolute Gasteiger partial charge is 0.336 e. The summed E-state index contributed by atoms with van der Waals surface area (Å²) in [6.45, 7) is 7.75. The van der Waals surface area contributed by atoms with Crippen molar-refractivity contribution < 1.29 is 34.8 Å². The van der Waals surface area contributed by atoms with Gasteiger partial charge in [-0.1, -0.05) is 57.7 Å². The topological polar surface area (TPSA) is 160 Å². The molecule has 2 heterocycles. The minimum Gasteiger partial charge on any atom is -0.481 e. The second-order valence-electron chi connectivity index (χ2n) is 9.65. The van der Waals surface area contributed by atoms with Crippen LogP contribution in [-0.4, -0.2) is 91.4 Å². The first-order chi connectivity index (χ1) is 20.6. The monoisotopic (exact) mass is 641 g/mol. The third kappa shape index (κ3) is 10.4. The Morgan fingerprint density at radius 1 is 0.886 bits per heavy atom. The Kier molecular flexibility index (Phi) is 14.4. The molecule has 5 rings (SSSR count). The van der Waals surface area contributed by atoms with Crippen LogP contribution in [0.5, 0.6) is 0 Å². The molecule has 44 heavy (non-hydrogen) atoms. The van der Waals surface area contributed by atoms with Gasteiger partial charge < -0.3 is 25.3 Å². The highest BCUT2D eigenvalue weighted by Gasteiger charge is 2.40. The van der Waals surface area contributed by atoms with Crippen molar-refractivity contribution in [2.24, 2.45) is 9.98 Å². The highest BCUT2D eigenvalue weighted by Crippen LogP contribution is 2.33. The van der Waals surface area contributed by atoms with Crippen LogP contribution in [0.3, 0.4) is 0 Å². The standard InChI is InChI=1S/C19H23N3S2.C6H8O7.C6H4.CH4/c1-3-22(4-2)10-12-24-18-13-20-16-7-5-6-8-17(16)21-19(18)15-9-11-23-14-15;7-3(8)1-6(13,5(11)12)2-4(9)10;1-2-6-4-3-5(1)6;/h5-9,11,13-14,18H,3-4,10,12H2,1-2H3;13H,1-2H2,(H,7,8)(H,9,10)(H,11,12);1-4H;1H4. The van der Waals surface area contributed by atoms with Gasteiger partial charge in [-0.3, -0.25) is 14.6 Å². The average Bonchev–Trinajstić information content (AvgIpc) is 3.42. The second kappa shape index (κ2) is 17.5. The quantitative estimate of drug-likeness (QED) is 0.144. The molecule has 12 heteroatoms. The molecule has 0 bridgehead atoms. The molecule has 0 spiro atoms. The number of aliphatic imine (C=N–C) groups is 2. The van der Waals surface area contributed by atoms with E-state index in [1.807, 2.05) is 36.0 Å². The summed E-state index contributed by atoms with van der Waals surface area (Å²) in [6, 6.07) is 18.8. The zero-order chi connectivity index (χ0) is 31.4. The molecule has 0 radical (unpaired) electrons. The lowest BCUT2D eigenvalue weighted by molar-refractivity contribution is -0.170. The van der Waals surface area contributed by atoms with E-state index in [0.29, 0.717) is 0 Å². The highest BCUT2D eigenvalue weighted by atomic mass is 32.2. The van der Waals surface area contributed by atoms with E-state index in [-0.39, 0.29) is 12.7 Å². The van der Waals surface area contributed by atoms with Gasteiger partial charge in [0.2, 0.25) is 0 Å². The van der Waals surface area contributed by atoms with Crippen molar-refractivity contribution in [2.75, 3.05) is 25.4 Å². The molecule has 1 aromatic heterocycles. The molecule has 0 amide bonds. The van der Waals surface area contributed by atoms with Crippen molar-refractivity contribution in [3.63, 3.8) is 0 Å². The van der Waals surface area contributed by atoms with E-state index >= 15 is 0 Å². The number of nitrogens with zero attached hydrogens (tertiary/aromatic N) is 3. The number of hydrogen-bond donors (Lipinski definition) is 4. The fraction of sp³-hybridized carbons (Fsp3) is 0.344. The zero-order valence-electron chi connectivity index (χ0n) is 23.9. The van der Waals surface area contributed by atoms with Crippen molar-refractivity contribution in [1.29, 1.82) is 0 Å². The maximum absolute atomic E-state index is 10.3. The number of para-hydroxylation sites is 2. The molecule has 0 fully saturated rings. The lowest BCUT2D eigenvalue weighted by atomic mass is 9.95. The first-order valence-corrected chi connectivity index (χ1v) is 15.6. The Morgan fingerprint density at radius 3 is 1.89 bits per heavy atom. The highest BCUT2D eigenvalue weighted by molar-refractivity contribution is 8.01. The minimum absolute atomic E-state index is 0. The molecule has 4 N–H and O–H groups in total. The summed E-state index contributed by atoms with van der Waals surface area (Å²) >= 11 is 3.65. The predicted octanol–water partition coefficient (Wildman–Crippen LogP) is 6.08. The first-order valence-electron chi connectivity index (χ1n) is 13.6. The summed E-state index contributed by atoms with van der Waals surface area (Å²) in [4.78, 5) is 42.6. The molecule has 1 atom stereocenters. The van der Waals surface area contributed by atoms with E-state index in [1.54, 1.807) is 11.3 Å². The van der Waals surface area contributed by atoms with Gasteiger partial charge in [0.25, 0.3) is 0 Å². The maximum atomic E-state index is 10.3. The van der Waals surface area contributed by atoms with Crippen LogP contribution < -0.4 is 0 Å². The van der Waals surface area contributed by atoms with Gasteiger partial charge in [-0.15, -0.1) is 11.8 Å². The predicted molar refractivity (Wildman–Crippen MR) is 178 cm³/mol. The number of carbonyl (C=O) groups is 3. The fourth-order valence-electron chi connectivity index (χ4n) is 4.07. The number of hydrogen-bond acceptors (Lipinski definition) is 9. The number of aliphatic carboxylic acids is 3. The van der Waals surface area contributed by atoms with Crippen molar-refractivity contribution in [3.8, 4) is 11.1 Å². The lowest BCUT2D eigenvalue weighted by Gasteiger charge is -2.19. The van der Waals surface area contributed by atoms with Crippen LogP contribution >= 0.6 is 23.1 Å². The van der Waals surface area contributed by atoms with Gasteiger partial charge in [-0.05, 0) is 53.2 Å². The van der Waals surface area contributed by atoms with Crippen molar-refractivity contribution >= 4 is 64.3 Å². The fourth-order valence-corrected chi connectivity index (χ4v) is 5.83. The normalized spacial score (nSPS) is 13.9. The van der Waals surface area contributed by atoms with Crippen LogP contribution in [0.1, 0.15) is 39.7 Å². The molecular weight excluding hydrogens is 603 g/mol. The third-order valence-electron chi connectivity index (χ3n) is 6.66. The molecule has 10 nitrogen and oxygen atoms in total. The van der Waals surface area contributed by atoms with E-state index < -0.39 is 36.4 Å². The summed E-state index contributed by atoms with van der Waals surface area (Å²) in [5, 5.41) is 38.3. The van der Waals surface area contributed by atoms with Gasteiger partial charge >= 0.3 is 17.9 Å². The number of rotatable bonds is 12. The van der Waals surface area contributed by atoms with Gasteiger partial charge in [0.05, 0.1) is 35.2 Å². The molecule has 0 saturated carbocycles. The van der Waals surface area contributed by atoms with Crippen LogP contribution in [0.4, 0.5) is 11.4 Å². The molecule has 2 aromatic rings. The summed E-state index contributed by atoms with van der Waals surface area (Å²) in [5.41, 5.74) is 4.36. The third-order valence-corrected chi connectivity index (χ3v) is 8.47. The number of thiophene rings is 1. The number of thioether (sulfide) groups is 1. The molecule has 1 aromatic carbocycles. The molecule has 1 aliphatic heterocycles. The van der Waals surface area contributed by atoms with Gasteiger partial charge in [-0.25, -0.2) is 9.79 Å². The summed E-state index contributed by atoms with van der Waals surface area (Å²) in [5.74, 6) is -3.94. The molecule has 236 valence electrons. The van der Waals surface area contributed by atoms with Crippen LogP contribution in [0.25, 0.3) is 11.1 Å². The van der Waals surface area contributed by atoms with Gasteiger partial charge in [0, 0.05) is 24.1 Å². The second-order valence-corrected chi connectivity index (χ2v) is 11.7. The Bertz CT molecular complexity index is 1400. The summed E-state index contributed by atoms with van der Waals surface area (Å²) in [6.07, 6.45) is -0.224. The van der Waals surface area contributed by atoms with E-state index in [1.165, 1.54) is 16.7 Å². The van der Waals surface area contributed by atoms with Crippen LogP contribution in [0.2, 0.25) is 0 Å². The first kappa shape index (κ1) is 36.4. The number of benzene rings is 2. The van der Waals surface area contributed by atoms with Crippen molar-refractivity contribution in [2.45, 2.75) is 45.0 Å². The number of carboxylic acids is 3. The number of fused-ring (bicyclic) bond motifs is 2. The Morgan fingerprint density at radius 2 is 1.45 bits per heavy atom. The Hall–Kier alpha value is -3.84. The van der Waals surface area contributed by atoms with Crippen molar-refractivity contribution in [3.05, 3.63) is 70.9 Å². The number of carboxylic acid groups (broad SMARTS) is 3. The number of aliphatic hydroxyl groups is 1. The van der Waals surface area contributed by atoms with Gasteiger partial charge in [-0.2, -0.15) is 11.3 Å².